The standard InChI is InChI=1S/C9H6N2O4/c10-4-3-6-1-2-7(11(14)15)5-8(6)9(12)13/h1-2,5H,3H2,(H,12,13). The molecule has 1 N–H and O–H groups in total. The van der Waals surface area contributed by atoms with Crippen LogP contribution in [-0.4, -0.2) is 16.0 Å². The number of carbonyl (C=O) groups is 1. The van der Waals surface area contributed by atoms with Gasteiger partial charge in [0.05, 0.1) is 23.0 Å². The maximum atomic E-state index is 10.7. The van der Waals surface area contributed by atoms with E-state index in [-0.39, 0.29) is 23.2 Å². The molecule has 0 bridgehead atoms. The van der Waals surface area contributed by atoms with E-state index in [2.05, 4.69) is 0 Å². The van der Waals surface area contributed by atoms with Crippen LogP contribution in [0.25, 0.3) is 0 Å². The smallest absolute Gasteiger partial charge is 0.336 e. The molecule has 76 valence electrons. The van der Waals surface area contributed by atoms with Crippen LogP contribution in [-0.2, 0) is 6.42 Å². The molecular formula is C9H6N2O4. The molecule has 1 aromatic rings. The van der Waals surface area contributed by atoms with Gasteiger partial charge < -0.3 is 5.11 Å². The molecular weight excluding hydrogens is 200 g/mol. The second-order valence-electron chi connectivity index (χ2n) is 2.74. The summed E-state index contributed by atoms with van der Waals surface area (Å²) < 4.78 is 0. The highest BCUT2D eigenvalue weighted by Crippen LogP contribution is 2.18. The number of benzene rings is 1. The van der Waals surface area contributed by atoms with E-state index in [0.29, 0.717) is 0 Å². The molecule has 0 fully saturated rings. The third kappa shape index (κ3) is 2.28. The van der Waals surface area contributed by atoms with E-state index < -0.39 is 10.9 Å². The zero-order chi connectivity index (χ0) is 11.4. The summed E-state index contributed by atoms with van der Waals surface area (Å²) >= 11 is 0. The number of rotatable bonds is 3. The van der Waals surface area contributed by atoms with Gasteiger partial charge in [0.2, 0.25) is 0 Å². The molecule has 6 heteroatoms. The fourth-order valence-corrected chi connectivity index (χ4v) is 1.12. The Kier molecular flexibility index (Phi) is 2.98. The van der Waals surface area contributed by atoms with Gasteiger partial charge in [0, 0.05) is 12.1 Å². The Labute approximate surface area is 84.5 Å². The lowest BCUT2D eigenvalue weighted by Gasteiger charge is -2.01. The molecule has 0 spiro atoms. The topological polar surface area (TPSA) is 104 Å². The number of carboxylic acids is 1. The van der Waals surface area contributed by atoms with Crippen molar-refractivity contribution in [2.45, 2.75) is 6.42 Å². The molecule has 0 saturated heterocycles. The van der Waals surface area contributed by atoms with E-state index >= 15 is 0 Å². The van der Waals surface area contributed by atoms with Gasteiger partial charge in [0.1, 0.15) is 0 Å². The van der Waals surface area contributed by atoms with E-state index in [1.165, 1.54) is 12.1 Å². The van der Waals surface area contributed by atoms with E-state index in [1.807, 2.05) is 0 Å². The van der Waals surface area contributed by atoms with Gasteiger partial charge in [-0.05, 0) is 5.56 Å². The Morgan fingerprint density at radius 2 is 2.27 bits per heavy atom. The van der Waals surface area contributed by atoms with E-state index in [4.69, 9.17) is 10.4 Å². The zero-order valence-electron chi connectivity index (χ0n) is 7.51. The number of nitrogens with zero attached hydrogens (tertiary/aromatic N) is 2. The van der Waals surface area contributed by atoms with Crippen LogP contribution in [0.2, 0.25) is 0 Å². The molecule has 0 radical (unpaired) electrons. The van der Waals surface area contributed by atoms with Crippen molar-refractivity contribution in [3.05, 3.63) is 39.4 Å². The lowest BCUT2D eigenvalue weighted by Crippen LogP contribution is -2.03. The fourth-order valence-electron chi connectivity index (χ4n) is 1.12. The number of hydrogen-bond donors (Lipinski definition) is 1. The van der Waals surface area contributed by atoms with Gasteiger partial charge in [-0.15, -0.1) is 0 Å². The van der Waals surface area contributed by atoms with Gasteiger partial charge in [-0.2, -0.15) is 5.26 Å². The molecule has 15 heavy (non-hydrogen) atoms. The number of nitro groups is 1. The van der Waals surface area contributed by atoms with Crippen LogP contribution < -0.4 is 0 Å². The van der Waals surface area contributed by atoms with Crippen molar-refractivity contribution in [1.82, 2.24) is 0 Å². The summed E-state index contributed by atoms with van der Waals surface area (Å²) in [6, 6.07) is 5.21. The Balaban J connectivity index is 3.28. The van der Waals surface area contributed by atoms with Crippen molar-refractivity contribution < 1.29 is 14.8 Å². The minimum Gasteiger partial charge on any atom is -0.478 e. The zero-order valence-corrected chi connectivity index (χ0v) is 7.51. The average molecular weight is 206 g/mol. The summed E-state index contributed by atoms with van der Waals surface area (Å²) in [5.41, 5.74) is -0.226. The summed E-state index contributed by atoms with van der Waals surface area (Å²) in [5.74, 6) is -1.27. The maximum absolute atomic E-state index is 10.7. The van der Waals surface area contributed by atoms with Crippen molar-refractivity contribution in [3.63, 3.8) is 0 Å². The highest BCUT2D eigenvalue weighted by atomic mass is 16.6. The lowest BCUT2D eigenvalue weighted by atomic mass is 10.0. The van der Waals surface area contributed by atoms with Crippen LogP contribution in [0.4, 0.5) is 5.69 Å². The summed E-state index contributed by atoms with van der Waals surface area (Å²) in [5, 5.41) is 27.6. The third-order valence-corrected chi connectivity index (χ3v) is 1.80. The van der Waals surface area contributed by atoms with E-state index in [1.54, 1.807) is 6.07 Å². The Morgan fingerprint density at radius 3 is 2.73 bits per heavy atom. The van der Waals surface area contributed by atoms with Gasteiger partial charge in [0.15, 0.2) is 0 Å². The third-order valence-electron chi connectivity index (χ3n) is 1.80. The molecule has 0 aliphatic rings. The fraction of sp³-hybridized carbons (Fsp3) is 0.111. The Morgan fingerprint density at radius 1 is 1.60 bits per heavy atom. The normalized spacial score (nSPS) is 9.27. The molecule has 0 unspecified atom stereocenters. The van der Waals surface area contributed by atoms with Gasteiger partial charge >= 0.3 is 5.97 Å². The lowest BCUT2D eigenvalue weighted by molar-refractivity contribution is -0.384. The number of carboxylic acid groups (broad SMARTS) is 1. The van der Waals surface area contributed by atoms with Crippen LogP contribution in [0.1, 0.15) is 15.9 Å². The molecule has 0 aliphatic heterocycles. The predicted molar refractivity (Wildman–Crippen MR) is 49.4 cm³/mol. The Hall–Kier alpha value is -2.42. The van der Waals surface area contributed by atoms with Crippen LogP contribution >= 0.6 is 0 Å². The molecule has 0 aliphatic carbocycles. The monoisotopic (exact) mass is 206 g/mol. The van der Waals surface area contributed by atoms with Gasteiger partial charge in [-0.25, -0.2) is 4.79 Å². The minimum absolute atomic E-state index is 0.0837. The van der Waals surface area contributed by atoms with Crippen LogP contribution in [0, 0.1) is 21.4 Å². The quantitative estimate of drug-likeness (QED) is 0.593. The first-order valence-electron chi connectivity index (χ1n) is 3.94. The van der Waals surface area contributed by atoms with Crippen molar-refractivity contribution in [3.8, 4) is 6.07 Å². The van der Waals surface area contributed by atoms with Gasteiger partial charge in [-0.3, -0.25) is 10.1 Å². The summed E-state index contributed by atoms with van der Waals surface area (Å²) in [7, 11) is 0. The number of non-ortho nitro benzene ring substituents is 1. The minimum atomic E-state index is -1.27. The molecule has 0 heterocycles. The molecule has 0 amide bonds. The van der Waals surface area contributed by atoms with Crippen molar-refractivity contribution >= 4 is 11.7 Å². The first-order valence-corrected chi connectivity index (χ1v) is 3.94. The number of nitriles is 1. The largest absolute Gasteiger partial charge is 0.478 e. The molecule has 0 saturated carbocycles. The first kappa shape index (κ1) is 10.7. The summed E-state index contributed by atoms with van der Waals surface area (Å²) in [4.78, 5) is 20.5. The van der Waals surface area contributed by atoms with Crippen molar-refractivity contribution in [2.75, 3.05) is 0 Å². The number of aromatic carboxylic acids is 1. The number of nitro benzene ring substituents is 1. The molecule has 1 rings (SSSR count). The highest BCUT2D eigenvalue weighted by Gasteiger charge is 2.15. The van der Waals surface area contributed by atoms with Crippen molar-refractivity contribution in [2.24, 2.45) is 0 Å². The predicted octanol–water partition coefficient (Wildman–Crippen LogP) is 1.36. The average Bonchev–Trinajstić information content (AvgIpc) is 2.18. The maximum Gasteiger partial charge on any atom is 0.336 e. The Bertz CT molecular complexity index is 462. The number of hydrogen-bond acceptors (Lipinski definition) is 4. The second-order valence-corrected chi connectivity index (χ2v) is 2.74. The van der Waals surface area contributed by atoms with Gasteiger partial charge in [-0.1, -0.05) is 6.07 Å². The molecule has 0 atom stereocenters. The van der Waals surface area contributed by atoms with Crippen LogP contribution in [0.5, 0.6) is 0 Å². The van der Waals surface area contributed by atoms with Crippen molar-refractivity contribution in [1.29, 1.82) is 5.26 Å². The van der Waals surface area contributed by atoms with Crippen LogP contribution in [0.15, 0.2) is 18.2 Å². The van der Waals surface area contributed by atoms with Crippen LogP contribution in [0.3, 0.4) is 0 Å². The SMILES string of the molecule is N#CCc1ccc([N+](=O)[O-])cc1C(=O)O. The molecule has 1 aromatic carbocycles. The van der Waals surface area contributed by atoms with E-state index in [0.717, 1.165) is 6.07 Å². The highest BCUT2D eigenvalue weighted by molar-refractivity contribution is 5.90. The molecule has 0 aromatic heterocycles. The van der Waals surface area contributed by atoms with E-state index in [9.17, 15) is 14.9 Å². The first-order chi connectivity index (χ1) is 7.06. The molecule has 6 nitrogen and oxygen atoms in total. The van der Waals surface area contributed by atoms with Gasteiger partial charge in [0.25, 0.3) is 5.69 Å². The summed E-state index contributed by atoms with van der Waals surface area (Å²) in [6.45, 7) is 0. The summed E-state index contributed by atoms with van der Waals surface area (Å²) in [6.07, 6.45) is -0.0837. The second kappa shape index (κ2) is 4.19.